The zero-order chi connectivity index (χ0) is 10.3. The minimum Gasteiger partial charge on any atom is -0.325 e. The predicted octanol–water partition coefficient (Wildman–Crippen LogP) is 1.04. The lowest BCUT2D eigenvalue weighted by atomic mass is 9.75. The number of nitrogens with two attached hydrogens (primary N) is 1. The Morgan fingerprint density at radius 2 is 2.07 bits per heavy atom. The van der Waals surface area contributed by atoms with Gasteiger partial charge in [-0.3, -0.25) is 0 Å². The summed E-state index contributed by atoms with van der Waals surface area (Å²) in [6.07, 6.45) is 8.09. The van der Waals surface area contributed by atoms with Gasteiger partial charge in [0.05, 0.1) is 0 Å². The Hall–Kier alpha value is -0.900. The van der Waals surface area contributed by atoms with Crippen LogP contribution in [0.3, 0.4) is 0 Å². The summed E-state index contributed by atoms with van der Waals surface area (Å²) in [7, 11) is 0. The number of hydrogen-bond acceptors (Lipinski definition) is 3. The molecule has 2 heterocycles. The van der Waals surface area contributed by atoms with E-state index in [1.165, 1.54) is 25.1 Å². The van der Waals surface area contributed by atoms with Gasteiger partial charge in [0, 0.05) is 24.9 Å². The number of nitrogens with zero attached hydrogens (tertiary/aromatic N) is 3. The number of aryl methyl sites for hydroxylation is 1. The van der Waals surface area contributed by atoms with Gasteiger partial charge in [0.15, 0.2) is 0 Å². The quantitative estimate of drug-likeness (QED) is 0.786. The lowest BCUT2D eigenvalue weighted by molar-refractivity contribution is 0.240. The van der Waals surface area contributed by atoms with Crippen molar-refractivity contribution in [1.82, 2.24) is 14.8 Å². The van der Waals surface area contributed by atoms with E-state index in [4.69, 9.17) is 5.73 Å². The van der Waals surface area contributed by atoms with Gasteiger partial charge >= 0.3 is 0 Å². The Labute approximate surface area is 89.9 Å². The van der Waals surface area contributed by atoms with Crippen molar-refractivity contribution in [3.05, 3.63) is 11.6 Å². The first-order valence-electron chi connectivity index (χ1n) is 5.97. The van der Waals surface area contributed by atoms with Gasteiger partial charge in [-0.2, -0.15) is 0 Å². The monoisotopic (exact) mass is 206 g/mol. The number of rotatable bonds is 2. The Morgan fingerprint density at radius 3 is 2.80 bits per heavy atom. The summed E-state index contributed by atoms with van der Waals surface area (Å²) in [5, 5.41) is 8.55. The highest BCUT2D eigenvalue weighted by molar-refractivity contribution is 5.06. The van der Waals surface area contributed by atoms with E-state index in [2.05, 4.69) is 14.8 Å². The fraction of sp³-hybridized carbons (Fsp3) is 0.818. The molecule has 1 aliphatic heterocycles. The van der Waals surface area contributed by atoms with Crippen LogP contribution < -0.4 is 5.73 Å². The zero-order valence-corrected chi connectivity index (χ0v) is 9.08. The molecule has 1 aromatic rings. The third-order valence-corrected chi connectivity index (χ3v) is 3.80. The molecular weight excluding hydrogens is 188 g/mol. The van der Waals surface area contributed by atoms with Gasteiger partial charge in [0.2, 0.25) is 0 Å². The van der Waals surface area contributed by atoms with Crippen LogP contribution in [-0.2, 0) is 19.4 Å². The fourth-order valence-electron chi connectivity index (χ4n) is 2.62. The van der Waals surface area contributed by atoms with E-state index in [0.29, 0.717) is 0 Å². The summed E-state index contributed by atoms with van der Waals surface area (Å²) >= 11 is 0. The maximum Gasteiger partial charge on any atom is 0.134 e. The average molecular weight is 206 g/mol. The molecule has 1 aromatic heterocycles. The summed E-state index contributed by atoms with van der Waals surface area (Å²) in [6, 6.07) is 0. The Morgan fingerprint density at radius 1 is 1.20 bits per heavy atom. The molecule has 2 aliphatic rings. The van der Waals surface area contributed by atoms with Gasteiger partial charge in [0.25, 0.3) is 0 Å². The van der Waals surface area contributed by atoms with Crippen molar-refractivity contribution in [2.24, 2.45) is 5.73 Å². The first kappa shape index (κ1) is 9.33. The van der Waals surface area contributed by atoms with E-state index in [-0.39, 0.29) is 5.54 Å². The third kappa shape index (κ3) is 1.57. The van der Waals surface area contributed by atoms with Gasteiger partial charge in [0.1, 0.15) is 11.6 Å². The summed E-state index contributed by atoms with van der Waals surface area (Å²) in [6.45, 7) is 1.09. The number of aromatic nitrogens is 3. The summed E-state index contributed by atoms with van der Waals surface area (Å²) in [4.78, 5) is 0. The molecule has 1 aliphatic carbocycles. The summed E-state index contributed by atoms with van der Waals surface area (Å²) < 4.78 is 2.29. The number of fused-ring (bicyclic) bond motifs is 1. The fourth-order valence-corrected chi connectivity index (χ4v) is 2.62. The van der Waals surface area contributed by atoms with Gasteiger partial charge in [-0.15, -0.1) is 10.2 Å². The van der Waals surface area contributed by atoms with E-state index in [1.807, 2.05) is 0 Å². The average Bonchev–Trinajstić information content (AvgIpc) is 2.60. The normalized spacial score (nSPS) is 23.3. The van der Waals surface area contributed by atoms with Gasteiger partial charge in [-0.1, -0.05) is 0 Å². The van der Waals surface area contributed by atoms with E-state index >= 15 is 0 Å². The van der Waals surface area contributed by atoms with Crippen molar-refractivity contribution >= 4 is 0 Å². The molecular formula is C11H18N4. The smallest absolute Gasteiger partial charge is 0.134 e. The highest BCUT2D eigenvalue weighted by Crippen LogP contribution is 2.32. The third-order valence-electron chi connectivity index (χ3n) is 3.80. The van der Waals surface area contributed by atoms with Crippen LogP contribution in [0.5, 0.6) is 0 Å². The van der Waals surface area contributed by atoms with Crippen LogP contribution in [0.4, 0.5) is 0 Å². The second-order valence-electron chi connectivity index (χ2n) is 5.03. The van der Waals surface area contributed by atoms with Crippen molar-refractivity contribution in [1.29, 1.82) is 0 Å². The maximum absolute atomic E-state index is 6.25. The maximum atomic E-state index is 6.25. The van der Waals surface area contributed by atoms with Crippen LogP contribution in [0.2, 0.25) is 0 Å². The topological polar surface area (TPSA) is 56.7 Å². The summed E-state index contributed by atoms with van der Waals surface area (Å²) in [5.74, 6) is 2.28. The molecule has 0 saturated heterocycles. The lowest BCUT2D eigenvalue weighted by Gasteiger charge is -2.37. The molecule has 0 unspecified atom stereocenters. The molecule has 0 aromatic carbocycles. The van der Waals surface area contributed by atoms with Crippen molar-refractivity contribution in [3.8, 4) is 0 Å². The largest absolute Gasteiger partial charge is 0.325 e. The van der Waals surface area contributed by atoms with E-state index in [1.54, 1.807) is 0 Å². The Kier molecular flexibility index (Phi) is 2.06. The number of hydrogen-bond donors (Lipinski definition) is 1. The molecule has 4 heteroatoms. The first-order chi connectivity index (χ1) is 7.27. The van der Waals surface area contributed by atoms with Crippen molar-refractivity contribution in [3.63, 3.8) is 0 Å². The highest BCUT2D eigenvalue weighted by atomic mass is 15.3. The standard InChI is InChI=1S/C11H18N4/c12-11(5-3-6-11)8-10-14-13-9-4-1-2-7-15(9)10/h1-8,12H2. The molecule has 0 amide bonds. The van der Waals surface area contributed by atoms with Gasteiger partial charge in [-0.05, 0) is 32.1 Å². The molecule has 1 fully saturated rings. The second kappa shape index (κ2) is 3.30. The van der Waals surface area contributed by atoms with E-state index in [9.17, 15) is 0 Å². The lowest BCUT2D eigenvalue weighted by Crippen LogP contribution is -2.49. The predicted molar refractivity (Wildman–Crippen MR) is 57.4 cm³/mol. The van der Waals surface area contributed by atoms with Gasteiger partial charge in [-0.25, -0.2) is 0 Å². The van der Waals surface area contributed by atoms with Crippen molar-refractivity contribution in [2.75, 3.05) is 0 Å². The van der Waals surface area contributed by atoms with Crippen LogP contribution >= 0.6 is 0 Å². The van der Waals surface area contributed by atoms with Crippen molar-refractivity contribution < 1.29 is 0 Å². The minimum atomic E-state index is 0.0290. The minimum absolute atomic E-state index is 0.0290. The first-order valence-corrected chi connectivity index (χ1v) is 5.97. The van der Waals surface area contributed by atoms with Crippen molar-refractivity contribution in [2.45, 2.75) is 57.0 Å². The van der Waals surface area contributed by atoms with E-state index < -0.39 is 0 Å². The van der Waals surface area contributed by atoms with Crippen LogP contribution in [-0.4, -0.2) is 20.3 Å². The molecule has 0 atom stereocenters. The van der Waals surface area contributed by atoms with E-state index in [0.717, 1.165) is 38.1 Å². The molecule has 0 bridgehead atoms. The van der Waals surface area contributed by atoms with Gasteiger partial charge < -0.3 is 10.3 Å². The molecule has 1 saturated carbocycles. The molecule has 2 N–H and O–H groups in total. The summed E-state index contributed by atoms with van der Waals surface area (Å²) in [5.41, 5.74) is 6.28. The molecule has 3 rings (SSSR count). The molecule has 0 spiro atoms. The van der Waals surface area contributed by atoms with Crippen LogP contribution in [0.15, 0.2) is 0 Å². The Bertz CT molecular complexity index is 365. The van der Waals surface area contributed by atoms with Crippen LogP contribution in [0, 0.1) is 0 Å². The highest BCUT2D eigenvalue weighted by Gasteiger charge is 2.34. The second-order valence-corrected chi connectivity index (χ2v) is 5.03. The molecule has 4 nitrogen and oxygen atoms in total. The molecule has 0 radical (unpaired) electrons. The Balaban J connectivity index is 1.82. The SMILES string of the molecule is NC1(Cc2nnc3n2CCCC3)CCC1. The van der Waals surface area contributed by atoms with Crippen LogP contribution in [0.25, 0.3) is 0 Å². The zero-order valence-electron chi connectivity index (χ0n) is 9.08. The van der Waals surface area contributed by atoms with Crippen LogP contribution in [0.1, 0.15) is 43.8 Å². The molecule has 82 valence electrons. The molecule has 15 heavy (non-hydrogen) atoms.